The van der Waals surface area contributed by atoms with Crippen LogP contribution in [0, 0.1) is 0 Å². The standard InChI is InChI=1S/C10H9NO/c12-10-6-2-1-4-8(10)9-5-3-7-11-9/h1-6,12H,7H2. The zero-order chi connectivity index (χ0) is 8.39. The molecule has 0 fully saturated rings. The van der Waals surface area contributed by atoms with Gasteiger partial charge in [0.05, 0.1) is 12.3 Å². The molecule has 0 unspecified atom stereocenters. The van der Waals surface area contributed by atoms with Gasteiger partial charge < -0.3 is 5.11 Å². The highest BCUT2D eigenvalue weighted by Crippen LogP contribution is 2.18. The molecule has 1 N–H and O–H groups in total. The molecule has 0 atom stereocenters. The molecule has 0 saturated carbocycles. The number of nitrogens with zero attached hydrogens (tertiary/aromatic N) is 1. The van der Waals surface area contributed by atoms with Gasteiger partial charge >= 0.3 is 0 Å². The first-order chi connectivity index (χ1) is 5.88. The van der Waals surface area contributed by atoms with Gasteiger partial charge in [-0.05, 0) is 18.2 Å². The number of phenols is 1. The molecule has 60 valence electrons. The number of allylic oxidation sites excluding steroid dienone is 1. The van der Waals surface area contributed by atoms with Crippen molar-refractivity contribution in [1.82, 2.24) is 0 Å². The van der Waals surface area contributed by atoms with Crippen LogP contribution in [0.3, 0.4) is 0 Å². The number of hydrogen-bond donors (Lipinski definition) is 1. The van der Waals surface area contributed by atoms with Crippen molar-refractivity contribution >= 4 is 5.71 Å². The van der Waals surface area contributed by atoms with Gasteiger partial charge in [0.15, 0.2) is 0 Å². The number of aromatic hydroxyl groups is 1. The molecule has 0 saturated heterocycles. The van der Waals surface area contributed by atoms with Crippen molar-refractivity contribution in [3.63, 3.8) is 0 Å². The Hall–Kier alpha value is -1.57. The molecule has 2 nitrogen and oxygen atoms in total. The van der Waals surface area contributed by atoms with Gasteiger partial charge in [0.1, 0.15) is 5.75 Å². The van der Waals surface area contributed by atoms with Gasteiger partial charge in [-0.25, -0.2) is 0 Å². The predicted molar refractivity (Wildman–Crippen MR) is 48.7 cm³/mol. The highest BCUT2D eigenvalue weighted by Gasteiger charge is 2.06. The van der Waals surface area contributed by atoms with Crippen molar-refractivity contribution in [2.24, 2.45) is 4.99 Å². The summed E-state index contributed by atoms with van der Waals surface area (Å²) in [4.78, 5) is 4.21. The number of hydrogen-bond acceptors (Lipinski definition) is 2. The molecule has 1 aliphatic rings. The molecule has 0 radical (unpaired) electrons. The lowest BCUT2D eigenvalue weighted by Crippen LogP contribution is -1.93. The summed E-state index contributed by atoms with van der Waals surface area (Å²) in [5.41, 5.74) is 1.68. The molecule has 1 aromatic rings. The largest absolute Gasteiger partial charge is 0.507 e. The van der Waals surface area contributed by atoms with Crippen LogP contribution in [0.1, 0.15) is 5.56 Å². The van der Waals surface area contributed by atoms with Gasteiger partial charge in [-0.3, -0.25) is 4.99 Å². The number of phenolic OH excluding ortho intramolecular Hbond substituents is 1. The molecule has 0 spiro atoms. The Bertz CT molecular complexity index is 353. The highest BCUT2D eigenvalue weighted by molar-refractivity contribution is 6.11. The molecule has 0 aliphatic carbocycles. The molecule has 2 rings (SSSR count). The molecular formula is C10H9NO. The second-order valence-electron chi connectivity index (χ2n) is 2.65. The molecule has 1 heterocycles. The van der Waals surface area contributed by atoms with Crippen LogP contribution in [0.25, 0.3) is 0 Å². The van der Waals surface area contributed by atoms with E-state index in [0.29, 0.717) is 5.75 Å². The Kier molecular flexibility index (Phi) is 1.67. The maximum Gasteiger partial charge on any atom is 0.124 e. The maximum absolute atomic E-state index is 9.46. The van der Waals surface area contributed by atoms with Crippen LogP contribution in [-0.2, 0) is 0 Å². The number of aliphatic imine (C=N–C) groups is 1. The van der Waals surface area contributed by atoms with Crippen LogP contribution in [0.5, 0.6) is 5.75 Å². The van der Waals surface area contributed by atoms with E-state index in [0.717, 1.165) is 17.8 Å². The molecule has 0 bridgehead atoms. The summed E-state index contributed by atoms with van der Waals surface area (Å²) < 4.78 is 0. The summed E-state index contributed by atoms with van der Waals surface area (Å²) >= 11 is 0. The third-order valence-electron chi connectivity index (χ3n) is 1.82. The van der Waals surface area contributed by atoms with E-state index < -0.39 is 0 Å². The van der Waals surface area contributed by atoms with Crippen LogP contribution >= 0.6 is 0 Å². The Balaban J connectivity index is 2.46. The quantitative estimate of drug-likeness (QED) is 0.665. The van der Waals surface area contributed by atoms with Crippen molar-refractivity contribution < 1.29 is 5.11 Å². The van der Waals surface area contributed by atoms with Gasteiger partial charge in [0.25, 0.3) is 0 Å². The smallest absolute Gasteiger partial charge is 0.124 e. The van der Waals surface area contributed by atoms with E-state index >= 15 is 0 Å². The minimum absolute atomic E-state index is 0.294. The molecule has 2 heteroatoms. The second kappa shape index (κ2) is 2.81. The fourth-order valence-corrected chi connectivity index (χ4v) is 1.23. The summed E-state index contributed by atoms with van der Waals surface area (Å²) in [6.45, 7) is 0.726. The van der Waals surface area contributed by atoms with E-state index in [4.69, 9.17) is 0 Å². The van der Waals surface area contributed by atoms with Crippen molar-refractivity contribution in [2.75, 3.05) is 6.54 Å². The minimum Gasteiger partial charge on any atom is -0.507 e. The van der Waals surface area contributed by atoms with Gasteiger partial charge in [-0.2, -0.15) is 0 Å². The fourth-order valence-electron chi connectivity index (χ4n) is 1.23. The summed E-state index contributed by atoms with van der Waals surface area (Å²) in [5.74, 6) is 0.294. The van der Waals surface area contributed by atoms with Crippen LogP contribution in [0.4, 0.5) is 0 Å². The Morgan fingerprint density at radius 2 is 2.08 bits per heavy atom. The van der Waals surface area contributed by atoms with E-state index in [-0.39, 0.29) is 0 Å². The zero-order valence-electron chi connectivity index (χ0n) is 6.57. The monoisotopic (exact) mass is 159 g/mol. The first-order valence-corrected chi connectivity index (χ1v) is 3.87. The van der Waals surface area contributed by atoms with E-state index in [9.17, 15) is 5.11 Å². The first-order valence-electron chi connectivity index (χ1n) is 3.87. The van der Waals surface area contributed by atoms with Gasteiger partial charge in [-0.15, -0.1) is 0 Å². The predicted octanol–water partition coefficient (Wildman–Crippen LogP) is 1.75. The van der Waals surface area contributed by atoms with E-state index in [1.54, 1.807) is 12.1 Å². The highest BCUT2D eigenvalue weighted by atomic mass is 16.3. The lowest BCUT2D eigenvalue weighted by molar-refractivity contribution is 0.474. The van der Waals surface area contributed by atoms with Gasteiger partial charge in [0, 0.05) is 5.56 Å². The van der Waals surface area contributed by atoms with Crippen LogP contribution in [0.2, 0.25) is 0 Å². The Morgan fingerprint density at radius 1 is 1.25 bits per heavy atom. The summed E-state index contributed by atoms with van der Waals surface area (Å²) in [5, 5.41) is 9.46. The van der Waals surface area contributed by atoms with Crippen LogP contribution in [0.15, 0.2) is 41.4 Å². The van der Waals surface area contributed by atoms with Crippen molar-refractivity contribution in [3.8, 4) is 5.75 Å². The lowest BCUT2D eigenvalue weighted by Gasteiger charge is -2.00. The van der Waals surface area contributed by atoms with E-state index in [1.807, 2.05) is 24.3 Å². The summed E-state index contributed by atoms with van der Waals surface area (Å²) in [7, 11) is 0. The van der Waals surface area contributed by atoms with E-state index in [2.05, 4.69) is 4.99 Å². The third-order valence-corrected chi connectivity index (χ3v) is 1.82. The third kappa shape index (κ3) is 1.11. The normalized spacial score (nSPS) is 14.8. The zero-order valence-corrected chi connectivity index (χ0v) is 6.57. The fraction of sp³-hybridized carbons (Fsp3) is 0.100. The van der Waals surface area contributed by atoms with Gasteiger partial charge in [0.2, 0.25) is 0 Å². The molecule has 1 aliphatic heterocycles. The molecule has 12 heavy (non-hydrogen) atoms. The lowest BCUT2D eigenvalue weighted by atomic mass is 10.1. The van der Waals surface area contributed by atoms with Crippen LogP contribution in [-0.4, -0.2) is 17.4 Å². The Labute approximate surface area is 70.9 Å². The number of benzene rings is 1. The molecule has 0 amide bonds. The van der Waals surface area contributed by atoms with Crippen LogP contribution < -0.4 is 0 Å². The first kappa shape index (κ1) is 7.10. The SMILES string of the molecule is Oc1ccccc1C1=NCC=C1. The Morgan fingerprint density at radius 3 is 2.75 bits per heavy atom. The van der Waals surface area contributed by atoms with Crippen molar-refractivity contribution in [2.45, 2.75) is 0 Å². The minimum atomic E-state index is 0.294. The molecule has 1 aromatic carbocycles. The average Bonchev–Trinajstić information content (AvgIpc) is 2.57. The average molecular weight is 159 g/mol. The van der Waals surface area contributed by atoms with Gasteiger partial charge in [-0.1, -0.05) is 18.2 Å². The number of rotatable bonds is 1. The second-order valence-corrected chi connectivity index (χ2v) is 2.65. The summed E-state index contributed by atoms with van der Waals surface area (Å²) in [6, 6.07) is 7.23. The number of para-hydroxylation sites is 1. The summed E-state index contributed by atoms with van der Waals surface area (Å²) in [6.07, 6.45) is 3.90. The van der Waals surface area contributed by atoms with Crippen molar-refractivity contribution in [3.05, 3.63) is 42.0 Å². The van der Waals surface area contributed by atoms with Crippen molar-refractivity contribution in [1.29, 1.82) is 0 Å². The maximum atomic E-state index is 9.46. The molecular weight excluding hydrogens is 150 g/mol. The topological polar surface area (TPSA) is 32.6 Å². The van der Waals surface area contributed by atoms with E-state index in [1.165, 1.54) is 0 Å². The molecule has 0 aromatic heterocycles.